The van der Waals surface area contributed by atoms with Crippen molar-refractivity contribution in [2.45, 2.75) is 6.18 Å². The predicted molar refractivity (Wildman–Crippen MR) is 75.7 cm³/mol. The molecule has 0 radical (unpaired) electrons. The standard InChI is InChI=1S/C13H9F4N5O2/c1-21-8-5-18-9(13(15,16)17)4-7(8)19-12(21)11-6(14)2-3-10(20-11)22(23)24/h2-5,19-20H,1H3. The minimum absolute atomic E-state index is 0.0346. The van der Waals surface area contributed by atoms with E-state index in [4.69, 9.17) is 0 Å². The van der Waals surface area contributed by atoms with Crippen molar-refractivity contribution in [1.29, 1.82) is 0 Å². The fraction of sp³-hybridized carbons (Fsp3) is 0.154. The summed E-state index contributed by atoms with van der Waals surface area (Å²) in [7, 11) is 1.47. The van der Waals surface area contributed by atoms with E-state index in [1.165, 1.54) is 11.9 Å². The number of anilines is 2. The van der Waals surface area contributed by atoms with Crippen LogP contribution in [0.4, 0.5) is 28.9 Å². The largest absolute Gasteiger partial charge is 0.433 e. The van der Waals surface area contributed by atoms with E-state index in [-0.39, 0.29) is 22.9 Å². The second kappa shape index (κ2) is 5.22. The molecule has 0 aromatic carbocycles. The topological polar surface area (TPSA) is 83.3 Å². The fourth-order valence-electron chi connectivity index (χ4n) is 2.28. The van der Waals surface area contributed by atoms with Crippen molar-refractivity contribution in [2.24, 2.45) is 0 Å². The lowest BCUT2D eigenvalue weighted by Crippen LogP contribution is -2.28. The first-order chi connectivity index (χ1) is 11.2. The summed E-state index contributed by atoms with van der Waals surface area (Å²) >= 11 is 0. The fourth-order valence-corrected chi connectivity index (χ4v) is 2.28. The number of nitro groups is 1. The molecule has 126 valence electrons. The number of nitrogens with one attached hydrogen (secondary N) is 2. The maximum atomic E-state index is 14.0. The van der Waals surface area contributed by atoms with Crippen molar-refractivity contribution < 1.29 is 22.5 Å². The van der Waals surface area contributed by atoms with E-state index in [2.05, 4.69) is 15.6 Å². The van der Waals surface area contributed by atoms with Gasteiger partial charge in [0.15, 0.2) is 11.6 Å². The van der Waals surface area contributed by atoms with Crippen molar-refractivity contribution >= 4 is 11.4 Å². The predicted octanol–water partition coefficient (Wildman–Crippen LogP) is 2.71. The number of fused-ring (bicyclic) bond motifs is 1. The summed E-state index contributed by atoms with van der Waals surface area (Å²) in [5, 5.41) is 15.7. The number of aromatic nitrogens is 1. The molecule has 2 aliphatic rings. The molecule has 3 heterocycles. The highest BCUT2D eigenvalue weighted by Crippen LogP contribution is 2.40. The van der Waals surface area contributed by atoms with Crippen molar-refractivity contribution in [2.75, 3.05) is 17.3 Å². The third-order valence-corrected chi connectivity index (χ3v) is 3.44. The van der Waals surface area contributed by atoms with E-state index in [0.717, 1.165) is 24.4 Å². The lowest BCUT2D eigenvalue weighted by molar-refractivity contribution is -0.431. The van der Waals surface area contributed by atoms with Crippen LogP contribution in [-0.4, -0.2) is 17.0 Å². The number of rotatable bonds is 1. The van der Waals surface area contributed by atoms with Gasteiger partial charge in [0, 0.05) is 13.1 Å². The highest BCUT2D eigenvalue weighted by molar-refractivity contribution is 5.81. The number of allylic oxidation sites excluding steroid dienone is 3. The van der Waals surface area contributed by atoms with E-state index in [9.17, 15) is 27.7 Å². The summed E-state index contributed by atoms with van der Waals surface area (Å²) in [6.07, 6.45) is -1.78. The Balaban J connectivity index is 2.02. The van der Waals surface area contributed by atoms with Gasteiger partial charge >= 0.3 is 12.0 Å². The first-order valence-corrected chi connectivity index (χ1v) is 6.50. The molecule has 0 aliphatic carbocycles. The number of halogens is 4. The maximum Gasteiger partial charge on any atom is 0.433 e. The Hall–Kier alpha value is -3.11. The molecular weight excluding hydrogens is 334 g/mol. The highest BCUT2D eigenvalue weighted by atomic mass is 19.4. The van der Waals surface area contributed by atoms with Gasteiger partial charge in [-0.1, -0.05) is 0 Å². The van der Waals surface area contributed by atoms with Gasteiger partial charge < -0.3 is 20.3 Å². The number of alkyl halides is 3. The van der Waals surface area contributed by atoms with Gasteiger partial charge in [-0.05, 0) is 17.1 Å². The molecule has 3 rings (SSSR count). The normalized spacial score (nSPS) is 20.0. The average Bonchev–Trinajstić information content (AvgIpc) is 2.83. The number of hydrogen-bond acceptors (Lipinski definition) is 6. The van der Waals surface area contributed by atoms with Crippen LogP contribution in [0.3, 0.4) is 0 Å². The maximum absolute atomic E-state index is 14.0. The van der Waals surface area contributed by atoms with Crippen molar-refractivity contribution in [3.63, 3.8) is 0 Å². The molecule has 11 heteroatoms. The molecule has 0 spiro atoms. The second-order valence-electron chi connectivity index (χ2n) is 4.94. The SMILES string of the molecule is CN1C(=C2NC([N+](=O)[O-])=CC=C2F)Nc2cc(C(F)(F)F)ncc21. The Morgan fingerprint density at radius 1 is 1.29 bits per heavy atom. The molecular formula is C13H9F4N5O2. The number of pyridine rings is 1. The summed E-state index contributed by atoms with van der Waals surface area (Å²) < 4.78 is 52.2. The lowest BCUT2D eigenvalue weighted by Gasteiger charge is -2.17. The Morgan fingerprint density at radius 3 is 2.62 bits per heavy atom. The molecule has 0 saturated heterocycles. The van der Waals surface area contributed by atoms with Crippen LogP contribution in [0.2, 0.25) is 0 Å². The van der Waals surface area contributed by atoms with Crippen LogP contribution in [-0.2, 0) is 6.18 Å². The molecule has 0 unspecified atom stereocenters. The average molecular weight is 343 g/mol. The Labute approximate surface area is 132 Å². The smallest absolute Gasteiger partial charge is 0.358 e. The minimum Gasteiger partial charge on any atom is -0.358 e. The van der Waals surface area contributed by atoms with Gasteiger partial charge in [-0.25, -0.2) is 14.7 Å². The van der Waals surface area contributed by atoms with E-state index in [1.807, 2.05) is 0 Å². The molecule has 0 fully saturated rings. The zero-order valence-electron chi connectivity index (χ0n) is 12.0. The van der Waals surface area contributed by atoms with Gasteiger partial charge in [-0.2, -0.15) is 13.2 Å². The van der Waals surface area contributed by atoms with E-state index in [0.29, 0.717) is 0 Å². The number of nitrogens with zero attached hydrogens (tertiary/aromatic N) is 3. The van der Waals surface area contributed by atoms with Crippen LogP contribution < -0.4 is 15.5 Å². The first kappa shape index (κ1) is 15.8. The van der Waals surface area contributed by atoms with Crippen LogP contribution in [0.1, 0.15) is 5.69 Å². The Bertz CT molecular complexity index is 828. The summed E-state index contributed by atoms with van der Waals surface area (Å²) in [6.45, 7) is 0. The third-order valence-electron chi connectivity index (χ3n) is 3.44. The number of dihydropyridines is 1. The number of hydrogen-bond donors (Lipinski definition) is 2. The molecule has 24 heavy (non-hydrogen) atoms. The van der Waals surface area contributed by atoms with Gasteiger partial charge in [0.1, 0.15) is 5.69 Å². The van der Waals surface area contributed by atoms with Crippen LogP contribution in [0, 0.1) is 10.1 Å². The van der Waals surface area contributed by atoms with Gasteiger partial charge in [0.25, 0.3) is 0 Å². The quantitative estimate of drug-likeness (QED) is 0.463. The molecule has 0 bridgehead atoms. The van der Waals surface area contributed by atoms with Crippen LogP contribution in [0.5, 0.6) is 0 Å². The lowest BCUT2D eigenvalue weighted by atomic mass is 10.2. The van der Waals surface area contributed by atoms with Crippen molar-refractivity contribution in [3.8, 4) is 0 Å². The van der Waals surface area contributed by atoms with Crippen LogP contribution in [0.25, 0.3) is 0 Å². The molecule has 2 N–H and O–H groups in total. The Morgan fingerprint density at radius 2 is 2.00 bits per heavy atom. The van der Waals surface area contributed by atoms with E-state index in [1.54, 1.807) is 0 Å². The first-order valence-electron chi connectivity index (χ1n) is 6.50. The van der Waals surface area contributed by atoms with Crippen molar-refractivity contribution in [1.82, 2.24) is 10.3 Å². The molecule has 1 aromatic rings. The molecule has 0 amide bonds. The zero-order valence-corrected chi connectivity index (χ0v) is 12.0. The van der Waals surface area contributed by atoms with Gasteiger partial charge in [0.2, 0.25) is 5.70 Å². The molecule has 7 nitrogen and oxygen atoms in total. The Kier molecular flexibility index (Phi) is 3.43. The summed E-state index contributed by atoms with van der Waals surface area (Å²) in [6, 6.07) is 0.786. The van der Waals surface area contributed by atoms with Crippen molar-refractivity contribution in [3.05, 3.63) is 63.4 Å². The van der Waals surface area contributed by atoms with Crippen LogP contribution >= 0.6 is 0 Å². The summed E-state index contributed by atoms with van der Waals surface area (Å²) in [4.78, 5) is 14.8. The van der Waals surface area contributed by atoms with Crippen LogP contribution in [0.15, 0.2) is 47.6 Å². The second-order valence-corrected chi connectivity index (χ2v) is 4.94. The van der Waals surface area contributed by atoms with Gasteiger partial charge in [-0.3, -0.25) is 0 Å². The molecule has 2 aliphatic heterocycles. The van der Waals surface area contributed by atoms with Gasteiger partial charge in [0.05, 0.1) is 17.6 Å². The third kappa shape index (κ3) is 2.53. The van der Waals surface area contributed by atoms with Gasteiger partial charge in [-0.15, -0.1) is 0 Å². The summed E-state index contributed by atoms with van der Waals surface area (Å²) in [5.74, 6) is -1.22. The zero-order chi connectivity index (χ0) is 17.6. The minimum atomic E-state index is -4.62. The highest BCUT2D eigenvalue weighted by Gasteiger charge is 2.36. The molecule has 0 saturated carbocycles. The monoisotopic (exact) mass is 343 g/mol. The molecule has 1 aromatic heterocycles. The molecule has 0 atom stereocenters. The van der Waals surface area contributed by atoms with E-state index >= 15 is 0 Å². The van der Waals surface area contributed by atoms with E-state index < -0.39 is 28.4 Å². The summed E-state index contributed by atoms with van der Waals surface area (Å²) in [5.41, 5.74) is -1.02.